The molecule has 0 radical (unpaired) electrons. The quantitative estimate of drug-likeness (QED) is 0.219. The third-order valence-electron chi connectivity index (χ3n) is 7.67. The molecule has 4 heterocycles. The molecule has 2 aromatic heterocycles. The van der Waals surface area contributed by atoms with E-state index in [1.807, 2.05) is 30.3 Å². The van der Waals surface area contributed by atoms with Gasteiger partial charge in [0.05, 0.1) is 23.5 Å². The summed E-state index contributed by atoms with van der Waals surface area (Å²) in [6, 6.07) is 15.4. The van der Waals surface area contributed by atoms with E-state index in [0.717, 1.165) is 17.7 Å². The first-order valence-electron chi connectivity index (χ1n) is 13.8. The van der Waals surface area contributed by atoms with E-state index in [9.17, 15) is 13.9 Å². The zero-order valence-corrected chi connectivity index (χ0v) is 25.5. The summed E-state index contributed by atoms with van der Waals surface area (Å²) in [5.74, 6) is -1.24. The number of halogens is 5. The van der Waals surface area contributed by atoms with Crippen LogP contribution in [0.4, 0.5) is 8.78 Å². The third-order valence-corrected chi connectivity index (χ3v) is 8.59. The Balaban J connectivity index is 1.30. The van der Waals surface area contributed by atoms with Crippen molar-refractivity contribution in [3.05, 3.63) is 111 Å². The second kappa shape index (κ2) is 12.0. The van der Waals surface area contributed by atoms with Gasteiger partial charge in [-0.2, -0.15) is 5.10 Å². The van der Waals surface area contributed by atoms with Gasteiger partial charge in [0.2, 0.25) is 0 Å². The molecule has 2 aliphatic heterocycles. The van der Waals surface area contributed by atoms with Gasteiger partial charge < -0.3 is 19.3 Å². The van der Waals surface area contributed by atoms with E-state index in [1.54, 1.807) is 25.1 Å². The average Bonchev–Trinajstić information content (AvgIpc) is 3.67. The average molecular weight is 676 g/mol. The lowest BCUT2D eigenvalue weighted by molar-refractivity contribution is -0.319. The number of nitrogens with zero attached hydrogens (tertiary/aromatic N) is 6. The summed E-state index contributed by atoms with van der Waals surface area (Å²) in [5, 5.41) is 25.1. The molecule has 2 saturated heterocycles. The number of fused-ring (bicyclic) bond motifs is 1. The van der Waals surface area contributed by atoms with E-state index < -0.39 is 53.4 Å². The van der Waals surface area contributed by atoms with E-state index in [2.05, 4.69) is 20.4 Å². The lowest BCUT2D eigenvalue weighted by Gasteiger charge is -2.47. The molecular formula is C30H23Cl3F2N6O4. The van der Waals surface area contributed by atoms with Crippen LogP contribution in [0.3, 0.4) is 0 Å². The smallest absolute Gasteiger partial charge is 0.184 e. The molecule has 7 rings (SSSR count). The molecule has 2 fully saturated rings. The topological polar surface area (TPSA) is 109 Å². The minimum absolute atomic E-state index is 0.101. The van der Waals surface area contributed by atoms with Crippen molar-refractivity contribution in [3.63, 3.8) is 0 Å². The Bertz CT molecular complexity index is 1850. The minimum atomic E-state index is -1.34. The van der Waals surface area contributed by atoms with Gasteiger partial charge in [-0.05, 0) is 37.3 Å². The SMILES string of the molecule is Cc1nc([C@@H]2O[C@@H]3CO[C@H](c4ccccc4)O[C@@H]3[C@H](n3cc(-c4cc(F)c(Cl)c(F)c4)nn3)[C@H]2O)n(-c2cc(Cl)ccc2Cl)n1. The molecular weight excluding hydrogens is 653 g/mol. The number of hydrogen-bond donors (Lipinski definition) is 1. The van der Waals surface area contributed by atoms with E-state index in [4.69, 9.17) is 49.0 Å². The first-order valence-corrected chi connectivity index (χ1v) is 14.9. The molecule has 0 saturated carbocycles. The van der Waals surface area contributed by atoms with Gasteiger partial charge in [-0.1, -0.05) is 70.3 Å². The fourth-order valence-electron chi connectivity index (χ4n) is 5.61. The Hall–Kier alpha value is -3.49. The molecule has 6 atom stereocenters. The first-order chi connectivity index (χ1) is 21.7. The highest BCUT2D eigenvalue weighted by atomic mass is 35.5. The molecule has 10 nitrogen and oxygen atoms in total. The number of aromatic nitrogens is 6. The Morgan fingerprint density at radius 3 is 2.49 bits per heavy atom. The fourth-order valence-corrected chi connectivity index (χ4v) is 6.08. The summed E-state index contributed by atoms with van der Waals surface area (Å²) in [6.07, 6.45) is -3.21. The summed E-state index contributed by atoms with van der Waals surface area (Å²) in [4.78, 5) is 4.58. The molecule has 1 N–H and O–H groups in total. The Morgan fingerprint density at radius 2 is 1.73 bits per heavy atom. The van der Waals surface area contributed by atoms with Crippen LogP contribution in [0.25, 0.3) is 16.9 Å². The molecule has 0 unspecified atom stereocenters. The van der Waals surface area contributed by atoms with Crippen molar-refractivity contribution >= 4 is 34.8 Å². The summed E-state index contributed by atoms with van der Waals surface area (Å²) >= 11 is 18.5. The highest BCUT2D eigenvalue weighted by molar-refractivity contribution is 6.34. The van der Waals surface area contributed by atoms with Crippen molar-refractivity contribution in [2.45, 2.75) is 43.7 Å². The van der Waals surface area contributed by atoms with Crippen molar-refractivity contribution in [2.24, 2.45) is 0 Å². The first kappa shape index (κ1) is 30.2. The lowest BCUT2D eigenvalue weighted by Crippen LogP contribution is -2.57. The maximum absolute atomic E-state index is 14.3. The molecule has 3 aromatic carbocycles. The van der Waals surface area contributed by atoms with E-state index in [0.29, 0.717) is 21.6 Å². The van der Waals surface area contributed by atoms with Crippen LogP contribution in [0.15, 0.2) is 66.9 Å². The molecule has 2 aliphatic rings. The van der Waals surface area contributed by atoms with Gasteiger partial charge in [0, 0.05) is 16.1 Å². The van der Waals surface area contributed by atoms with E-state index >= 15 is 0 Å². The molecule has 15 heteroatoms. The van der Waals surface area contributed by atoms with E-state index in [-0.39, 0.29) is 23.7 Å². The third kappa shape index (κ3) is 5.61. The predicted octanol–water partition coefficient (Wildman–Crippen LogP) is 6.23. The van der Waals surface area contributed by atoms with Gasteiger partial charge in [0.25, 0.3) is 0 Å². The Morgan fingerprint density at radius 1 is 0.978 bits per heavy atom. The Labute approximate surface area is 270 Å². The highest BCUT2D eigenvalue weighted by Gasteiger charge is 2.52. The van der Waals surface area contributed by atoms with Crippen LogP contribution in [-0.2, 0) is 14.2 Å². The summed E-state index contributed by atoms with van der Waals surface area (Å²) in [6.45, 7) is 1.80. The van der Waals surface area contributed by atoms with Crippen LogP contribution in [0, 0.1) is 18.6 Å². The largest absolute Gasteiger partial charge is 0.388 e. The standard InChI is InChI=1S/C30H23Cl3F2N6O4/c1-14-36-29(41(38-14)22-11-17(31)7-8-18(22)32)28-26(42)25(27-23(44-28)13-43-30(45-27)15-5-3-2-4-6-15)40-12-21(37-39-40)16-9-19(34)24(33)20(35)10-16/h2-12,23,25-28,30,42H,13H2,1H3/t23-,25-,26-,27+,28-,30+/m1/s1. The summed E-state index contributed by atoms with van der Waals surface area (Å²) in [5.41, 5.74) is 1.46. The number of hydrogen-bond acceptors (Lipinski definition) is 8. The number of benzene rings is 3. The fraction of sp³-hybridized carbons (Fsp3) is 0.267. The molecule has 0 spiro atoms. The number of aryl methyl sites for hydroxylation is 1. The maximum Gasteiger partial charge on any atom is 0.184 e. The van der Waals surface area contributed by atoms with Crippen LogP contribution in [0.5, 0.6) is 0 Å². The second-order valence-electron chi connectivity index (χ2n) is 10.6. The van der Waals surface area contributed by atoms with Crippen molar-refractivity contribution < 1.29 is 28.1 Å². The second-order valence-corrected chi connectivity index (χ2v) is 11.8. The van der Waals surface area contributed by atoms with Crippen molar-refractivity contribution in [1.82, 2.24) is 29.8 Å². The number of ether oxygens (including phenoxy) is 3. The summed E-state index contributed by atoms with van der Waals surface area (Å²) < 4.78 is 50.3. The van der Waals surface area contributed by atoms with Gasteiger partial charge in [-0.15, -0.1) is 5.10 Å². The minimum Gasteiger partial charge on any atom is -0.388 e. The normalized spacial score (nSPS) is 24.9. The predicted molar refractivity (Wildman–Crippen MR) is 159 cm³/mol. The van der Waals surface area contributed by atoms with Crippen molar-refractivity contribution in [2.75, 3.05) is 6.61 Å². The molecule has 45 heavy (non-hydrogen) atoms. The van der Waals surface area contributed by atoms with Crippen LogP contribution >= 0.6 is 34.8 Å². The zero-order chi connectivity index (χ0) is 31.4. The van der Waals surface area contributed by atoms with Crippen molar-refractivity contribution in [3.8, 4) is 16.9 Å². The van der Waals surface area contributed by atoms with Gasteiger partial charge in [0.1, 0.15) is 58.6 Å². The molecule has 0 amide bonds. The molecule has 232 valence electrons. The maximum atomic E-state index is 14.3. The lowest BCUT2D eigenvalue weighted by atomic mass is 9.91. The molecule has 0 aliphatic carbocycles. The zero-order valence-electron chi connectivity index (χ0n) is 23.3. The van der Waals surface area contributed by atoms with Gasteiger partial charge in [0.15, 0.2) is 12.1 Å². The van der Waals surface area contributed by atoms with E-state index in [1.165, 1.54) is 15.6 Å². The highest BCUT2D eigenvalue weighted by Crippen LogP contribution is 2.44. The molecule has 0 bridgehead atoms. The molecule has 5 aromatic rings. The van der Waals surface area contributed by atoms with Gasteiger partial charge in [-0.25, -0.2) is 23.1 Å². The van der Waals surface area contributed by atoms with Crippen LogP contribution in [0.2, 0.25) is 15.1 Å². The number of aliphatic hydroxyl groups is 1. The number of aliphatic hydroxyl groups excluding tert-OH is 1. The van der Waals surface area contributed by atoms with Gasteiger partial charge in [-0.3, -0.25) is 0 Å². The van der Waals surface area contributed by atoms with Crippen LogP contribution < -0.4 is 0 Å². The van der Waals surface area contributed by atoms with Gasteiger partial charge >= 0.3 is 0 Å². The summed E-state index contributed by atoms with van der Waals surface area (Å²) in [7, 11) is 0. The number of rotatable bonds is 5. The van der Waals surface area contributed by atoms with Crippen LogP contribution in [0.1, 0.15) is 35.6 Å². The van der Waals surface area contributed by atoms with Crippen molar-refractivity contribution in [1.29, 1.82) is 0 Å². The Kier molecular flexibility index (Phi) is 8.07. The van der Waals surface area contributed by atoms with Crippen LogP contribution in [-0.4, -0.2) is 59.8 Å². The monoisotopic (exact) mass is 674 g/mol.